The topological polar surface area (TPSA) is 99.8 Å². The molecule has 0 bridgehead atoms. The van der Waals surface area contributed by atoms with Crippen LogP contribution in [-0.2, 0) is 9.59 Å². The second-order valence-corrected chi connectivity index (χ2v) is 5.33. The molecule has 21 heavy (non-hydrogen) atoms. The van der Waals surface area contributed by atoms with E-state index in [1.165, 1.54) is 6.08 Å². The van der Waals surface area contributed by atoms with E-state index in [-0.39, 0.29) is 18.9 Å². The fourth-order valence-corrected chi connectivity index (χ4v) is 2.05. The Morgan fingerprint density at radius 1 is 1.52 bits per heavy atom. The van der Waals surface area contributed by atoms with Gasteiger partial charge in [-0.05, 0) is 30.5 Å². The van der Waals surface area contributed by atoms with Crippen LogP contribution in [0.1, 0.15) is 37.2 Å². The third kappa shape index (κ3) is 4.46. The largest absolute Gasteiger partial charge is 0.479 e. The summed E-state index contributed by atoms with van der Waals surface area (Å²) in [6, 6.07) is 3.74. The molecule has 1 aliphatic rings. The van der Waals surface area contributed by atoms with Crippen LogP contribution in [0.2, 0.25) is 0 Å². The van der Waals surface area contributed by atoms with Crippen molar-refractivity contribution < 1.29 is 24.2 Å². The van der Waals surface area contributed by atoms with Crippen LogP contribution in [0.25, 0.3) is 6.08 Å². The van der Waals surface area contributed by atoms with Gasteiger partial charge in [-0.3, -0.25) is 4.79 Å². The molecule has 0 aromatic carbocycles. The second-order valence-electron chi connectivity index (χ2n) is 5.33. The number of carbonyl (C=O) groups is 2. The molecule has 6 nitrogen and oxygen atoms in total. The van der Waals surface area contributed by atoms with Crippen molar-refractivity contribution in [3.63, 3.8) is 0 Å². The molecule has 0 radical (unpaired) electrons. The minimum absolute atomic E-state index is 0.0284. The van der Waals surface area contributed by atoms with Crippen LogP contribution < -0.4 is 5.32 Å². The van der Waals surface area contributed by atoms with Crippen LogP contribution in [-0.4, -0.2) is 34.7 Å². The Hall–Kier alpha value is -2.08. The van der Waals surface area contributed by atoms with Crippen LogP contribution in [0, 0.1) is 5.92 Å². The van der Waals surface area contributed by atoms with Crippen molar-refractivity contribution in [2.24, 2.45) is 5.92 Å². The third-order valence-electron chi connectivity index (χ3n) is 3.52. The van der Waals surface area contributed by atoms with Crippen molar-refractivity contribution in [1.82, 2.24) is 5.32 Å². The van der Waals surface area contributed by atoms with E-state index in [9.17, 15) is 9.59 Å². The second kappa shape index (κ2) is 6.58. The number of carboxylic acid groups (broad SMARTS) is 1. The summed E-state index contributed by atoms with van der Waals surface area (Å²) in [5, 5.41) is 20.0. The molecule has 114 valence electrons. The van der Waals surface area contributed by atoms with Crippen molar-refractivity contribution >= 4 is 18.0 Å². The van der Waals surface area contributed by atoms with Crippen molar-refractivity contribution in [1.29, 1.82) is 0 Å². The highest BCUT2D eigenvalue weighted by atomic mass is 16.4. The monoisotopic (exact) mass is 293 g/mol. The van der Waals surface area contributed by atoms with Gasteiger partial charge in [0, 0.05) is 25.0 Å². The number of carbonyl (C=O) groups excluding carboxylic acids is 1. The van der Waals surface area contributed by atoms with Crippen molar-refractivity contribution in [2.75, 3.05) is 6.54 Å². The predicted molar refractivity (Wildman–Crippen MR) is 75.5 cm³/mol. The number of aliphatic hydroxyl groups excluding tert-OH is 1. The molecule has 1 saturated carbocycles. The summed E-state index contributed by atoms with van der Waals surface area (Å²) >= 11 is 0. The van der Waals surface area contributed by atoms with Crippen LogP contribution in [0.3, 0.4) is 0 Å². The van der Waals surface area contributed by atoms with E-state index in [0.717, 1.165) is 12.2 Å². The summed E-state index contributed by atoms with van der Waals surface area (Å²) < 4.78 is 5.62. The summed E-state index contributed by atoms with van der Waals surface area (Å²) in [5.74, 6) is 1.08. The molecular weight excluding hydrogens is 274 g/mol. The molecule has 6 heteroatoms. The first kappa shape index (κ1) is 15.3. The summed E-state index contributed by atoms with van der Waals surface area (Å²) in [6.45, 7) is 2.27. The maximum Gasteiger partial charge on any atom is 0.332 e. The lowest BCUT2D eigenvalue weighted by molar-refractivity contribution is -0.147. The first-order chi connectivity index (χ1) is 9.97. The van der Waals surface area contributed by atoms with E-state index in [2.05, 4.69) is 12.2 Å². The summed E-state index contributed by atoms with van der Waals surface area (Å²) in [4.78, 5) is 21.9. The molecule has 3 atom stereocenters. The molecule has 1 heterocycles. The number of nitrogens with one attached hydrogen (secondary N) is 1. The van der Waals surface area contributed by atoms with Gasteiger partial charge in [-0.25, -0.2) is 4.79 Å². The van der Waals surface area contributed by atoms with Gasteiger partial charge in [0.25, 0.3) is 0 Å². The van der Waals surface area contributed by atoms with Crippen molar-refractivity contribution in [3.8, 4) is 0 Å². The SMILES string of the molecule is CC1CC1c1ccc(/C=C/C(=O)NCCC(O)C(=O)O)o1. The Kier molecular flexibility index (Phi) is 4.80. The number of hydrogen-bond acceptors (Lipinski definition) is 4. The number of hydrogen-bond donors (Lipinski definition) is 3. The van der Waals surface area contributed by atoms with Crippen LogP contribution in [0.5, 0.6) is 0 Å². The average molecular weight is 293 g/mol. The van der Waals surface area contributed by atoms with E-state index >= 15 is 0 Å². The zero-order valence-corrected chi connectivity index (χ0v) is 11.8. The summed E-state index contributed by atoms with van der Waals surface area (Å²) in [5.41, 5.74) is 0. The number of amides is 1. The Bertz CT molecular complexity index is 548. The minimum atomic E-state index is -1.46. The van der Waals surface area contributed by atoms with Gasteiger partial charge in [0.05, 0.1) is 0 Å². The minimum Gasteiger partial charge on any atom is -0.479 e. The molecule has 1 fully saturated rings. The maximum absolute atomic E-state index is 11.5. The van der Waals surface area contributed by atoms with E-state index in [4.69, 9.17) is 14.6 Å². The standard InChI is InChI=1S/C15H19NO5/c1-9-8-11(9)13-4-2-10(21-13)3-5-14(18)16-7-6-12(17)15(19)20/h2-5,9,11-12,17H,6-8H2,1H3,(H,16,18)(H,19,20)/b5-3+. The Morgan fingerprint density at radius 3 is 2.86 bits per heavy atom. The van der Waals surface area contributed by atoms with Gasteiger partial charge < -0.3 is 19.9 Å². The molecule has 0 saturated heterocycles. The number of carboxylic acids is 1. The maximum atomic E-state index is 11.5. The normalized spacial score (nSPS) is 22.2. The van der Waals surface area contributed by atoms with Gasteiger partial charge >= 0.3 is 5.97 Å². The lowest BCUT2D eigenvalue weighted by Crippen LogP contribution is -2.28. The number of furan rings is 1. The van der Waals surface area contributed by atoms with E-state index in [0.29, 0.717) is 17.6 Å². The van der Waals surface area contributed by atoms with Gasteiger partial charge in [0.2, 0.25) is 5.91 Å². The van der Waals surface area contributed by atoms with Crippen LogP contribution in [0.15, 0.2) is 22.6 Å². The molecule has 1 aromatic heterocycles. The van der Waals surface area contributed by atoms with Gasteiger partial charge in [0.15, 0.2) is 6.10 Å². The lowest BCUT2D eigenvalue weighted by Gasteiger charge is -2.05. The zero-order valence-electron chi connectivity index (χ0n) is 11.8. The van der Waals surface area contributed by atoms with Crippen LogP contribution in [0.4, 0.5) is 0 Å². The van der Waals surface area contributed by atoms with E-state index in [1.807, 2.05) is 12.1 Å². The third-order valence-corrected chi connectivity index (χ3v) is 3.52. The highest BCUT2D eigenvalue weighted by Crippen LogP contribution is 2.47. The quantitative estimate of drug-likeness (QED) is 0.659. The van der Waals surface area contributed by atoms with Crippen molar-refractivity contribution in [3.05, 3.63) is 29.7 Å². The number of aliphatic carboxylic acids is 1. The molecule has 0 spiro atoms. The Balaban J connectivity index is 1.74. The highest BCUT2D eigenvalue weighted by Gasteiger charge is 2.36. The average Bonchev–Trinajstić information content (AvgIpc) is 2.99. The van der Waals surface area contributed by atoms with Crippen LogP contribution >= 0.6 is 0 Å². The highest BCUT2D eigenvalue weighted by molar-refractivity contribution is 5.91. The Morgan fingerprint density at radius 2 is 2.24 bits per heavy atom. The predicted octanol–water partition coefficient (Wildman–Crippen LogP) is 1.37. The molecule has 1 aliphatic carbocycles. The first-order valence-corrected chi connectivity index (χ1v) is 6.94. The fourth-order valence-electron chi connectivity index (χ4n) is 2.05. The number of aliphatic hydroxyl groups is 1. The zero-order chi connectivity index (χ0) is 15.4. The Labute approximate surface area is 122 Å². The van der Waals surface area contributed by atoms with Crippen molar-refractivity contribution in [2.45, 2.75) is 31.8 Å². The smallest absolute Gasteiger partial charge is 0.332 e. The molecule has 3 unspecified atom stereocenters. The molecule has 0 aliphatic heterocycles. The molecule has 3 N–H and O–H groups in total. The van der Waals surface area contributed by atoms with Gasteiger partial charge in [-0.15, -0.1) is 0 Å². The van der Waals surface area contributed by atoms with Gasteiger partial charge in [-0.2, -0.15) is 0 Å². The van der Waals surface area contributed by atoms with E-state index in [1.54, 1.807) is 6.08 Å². The fraction of sp³-hybridized carbons (Fsp3) is 0.467. The van der Waals surface area contributed by atoms with Gasteiger partial charge in [-0.1, -0.05) is 6.92 Å². The van der Waals surface area contributed by atoms with E-state index < -0.39 is 12.1 Å². The first-order valence-electron chi connectivity index (χ1n) is 6.94. The summed E-state index contributed by atoms with van der Waals surface area (Å²) in [7, 11) is 0. The molecular formula is C15H19NO5. The molecule has 2 rings (SSSR count). The lowest BCUT2D eigenvalue weighted by atomic mass is 10.2. The summed E-state index contributed by atoms with van der Waals surface area (Å²) in [6.07, 6.45) is 2.55. The molecule has 1 amide bonds. The van der Waals surface area contributed by atoms with Gasteiger partial charge in [0.1, 0.15) is 11.5 Å². The number of rotatable bonds is 7. The molecule has 1 aromatic rings.